The van der Waals surface area contributed by atoms with Crippen LogP contribution in [0, 0.1) is 12.8 Å². The van der Waals surface area contributed by atoms with Crippen LogP contribution in [0.25, 0.3) is 6.08 Å². The van der Waals surface area contributed by atoms with Gasteiger partial charge in [0.1, 0.15) is 0 Å². The van der Waals surface area contributed by atoms with Crippen LogP contribution in [0.2, 0.25) is 0 Å². The van der Waals surface area contributed by atoms with Crippen LogP contribution < -0.4 is 4.90 Å². The van der Waals surface area contributed by atoms with Crippen molar-refractivity contribution in [1.29, 1.82) is 0 Å². The highest BCUT2D eigenvalue weighted by atomic mass is 16.5. The van der Waals surface area contributed by atoms with Gasteiger partial charge in [0.05, 0.1) is 6.10 Å². The van der Waals surface area contributed by atoms with E-state index in [-0.39, 0.29) is 6.10 Å². The molecule has 1 aliphatic rings. The van der Waals surface area contributed by atoms with E-state index in [1.165, 1.54) is 11.8 Å². The van der Waals surface area contributed by atoms with Crippen molar-refractivity contribution in [2.24, 2.45) is 5.92 Å². The minimum absolute atomic E-state index is 0.269. The van der Waals surface area contributed by atoms with Gasteiger partial charge in [0.25, 0.3) is 0 Å². The molecule has 4 nitrogen and oxygen atoms in total. The molecule has 1 fully saturated rings. The van der Waals surface area contributed by atoms with Crippen LogP contribution in [0.3, 0.4) is 0 Å². The molecule has 1 aromatic rings. The van der Waals surface area contributed by atoms with Crippen LogP contribution in [0.15, 0.2) is 24.3 Å². The van der Waals surface area contributed by atoms with Gasteiger partial charge in [-0.25, -0.2) is 4.79 Å². The Hall–Kier alpha value is -1.81. The molecule has 21 heavy (non-hydrogen) atoms. The molecule has 1 aromatic carbocycles. The van der Waals surface area contributed by atoms with E-state index in [4.69, 9.17) is 9.84 Å². The normalized spacial score (nSPS) is 22.7. The van der Waals surface area contributed by atoms with Crippen molar-refractivity contribution in [3.05, 3.63) is 35.4 Å². The van der Waals surface area contributed by atoms with E-state index in [0.717, 1.165) is 30.6 Å². The van der Waals surface area contributed by atoms with E-state index in [0.29, 0.717) is 5.92 Å². The number of carboxylic acids is 1. The minimum atomic E-state index is -0.925. The molecule has 4 heteroatoms. The van der Waals surface area contributed by atoms with Gasteiger partial charge in [-0.2, -0.15) is 0 Å². The number of anilines is 1. The molecule has 0 bridgehead atoms. The lowest BCUT2D eigenvalue weighted by Crippen LogP contribution is -2.43. The Kier molecular flexibility index (Phi) is 5.02. The zero-order valence-electron chi connectivity index (χ0n) is 12.9. The lowest BCUT2D eigenvalue weighted by atomic mass is 9.95. The number of nitrogens with zero attached hydrogens (tertiary/aromatic N) is 1. The summed E-state index contributed by atoms with van der Waals surface area (Å²) in [6, 6.07) is 6.14. The molecule has 1 saturated heterocycles. The average molecular weight is 289 g/mol. The van der Waals surface area contributed by atoms with Gasteiger partial charge in [-0.3, -0.25) is 0 Å². The number of methoxy groups -OCH3 is 1. The number of ether oxygens (including phenoxy) is 1. The zero-order valence-corrected chi connectivity index (χ0v) is 12.9. The predicted molar refractivity (Wildman–Crippen MR) is 84.6 cm³/mol. The summed E-state index contributed by atoms with van der Waals surface area (Å²) in [5.74, 6) is -0.337. The summed E-state index contributed by atoms with van der Waals surface area (Å²) in [4.78, 5) is 12.9. The molecule has 0 aliphatic carbocycles. The standard InChI is InChI=1S/C17H23NO3/c1-12-8-9-18(11-16(12)21-3)15-6-4-14(13(2)10-15)5-7-17(19)20/h4-7,10,12,16H,8-9,11H2,1-3H3,(H,19,20)/b7-5+. The Labute approximate surface area is 126 Å². The first kappa shape index (κ1) is 15.6. The summed E-state index contributed by atoms with van der Waals surface area (Å²) in [5.41, 5.74) is 3.20. The number of hydrogen-bond acceptors (Lipinski definition) is 3. The molecule has 0 amide bonds. The molecule has 2 atom stereocenters. The topological polar surface area (TPSA) is 49.8 Å². The fourth-order valence-electron chi connectivity index (χ4n) is 2.78. The average Bonchev–Trinajstić information content (AvgIpc) is 2.46. The molecule has 2 unspecified atom stereocenters. The predicted octanol–water partition coefficient (Wildman–Crippen LogP) is 2.95. The molecule has 2 rings (SSSR count). The van der Waals surface area contributed by atoms with Gasteiger partial charge >= 0.3 is 5.97 Å². The van der Waals surface area contributed by atoms with Crippen molar-refractivity contribution in [2.75, 3.05) is 25.1 Å². The molecule has 1 N–H and O–H groups in total. The van der Waals surface area contributed by atoms with E-state index in [9.17, 15) is 4.79 Å². The highest BCUT2D eigenvalue weighted by Gasteiger charge is 2.26. The third-order valence-corrected chi connectivity index (χ3v) is 4.22. The lowest BCUT2D eigenvalue weighted by Gasteiger charge is -2.37. The number of carboxylic acid groups (broad SMARTS) is 1. The van der Waals surface area contributed by atoms with Crippen molar-refractivity contribution in [3.63, 3.8) is 0 Å². The van der Waals surface area contributed by atoms with Gasteiger partial charge in [-0.05, 0) is 48.6 Å². The monoisotopic (exact) mass is 289 g/mol. The van der Waals surface area contributed by atoms with Crippen LogP contribution in [-0.4, -0.2) is 37.4 Å². The van der Waals surface area contributed by atoms with Gasteiger partial charge in [0, 0.05) is 32.0 Å². The number of piperidine rings is 1. The Morgan fingerprint density at radius 2 is 2.24 bits per heavy atom. The summed E-state index contributed by atoms with van der Waals surface area (Å²) in [5, 5.41) is 8.70. The molecule has 114 valence electrons. The molecule has 0 radical (unpaired) electrons. The maximum Gasteiger partial charge on any atom is 0.328 e. The molecule has 1 heterocycles. The Balaban J connectivity index is 2.14. The van der Waals surface area contributed by atoms with Crippen LogP contribution in [0.1, 0.15) is 24.5 Å². The summed E-state index contributed by atoms with van der Waals surface area (Å²) in [6.45, 7) is 6.17. The van der Waals surface area contributed by atoms with Gasteiger partial charge in [-0.15, -0.1) is 0 Å². The first-order valence-electron chi connectivity index (χ1n) is 7.30. The fourth-order valence-corrected chi connectivity index (χ4v) is 2.78. The zero-order chi connectivity index (χ0) is 15.4. The van der Waals surface area contributed by atoms with E-state index >= 15 is 0 Å². The quantitative estimate of drug-likeness (QED) is 0.866. The van der Waals surface area contributed by atoms with Gasteiger partial charge in [-0.1, -0.05) is 13.0 Å². The summed E-state index contributed by atoms with van der Waals surface area (Å²) >= 11 is 0. The van der Waals surface area contributed by atoms with Crippen molar-refractivity contribution < 1.29 is 14.6 Å². The van der Waals surface area contributed by atoms with Crippen molar-refractivity contribution in [2.45, 2.75) is 26.4 Å². The third-order valence-electron chi connectivity index (χ3n) is 4.22. The molecular formula is C17H23NO3. The Bertz CT molecular complexity index is 539. The van der Waals surface area contributed by atoms with Crippen LogP contribution in [-0.2, 0) is 9.53 Å². The van der Waals surface area contributed by atoms with Gasteiger partial charge < -0.3 is 14.7 Å². The van der Waals surface area contributed by atoms with Crippen LogP contribution in [0.4, 0.5) is 5.69 Å². The fraction of sp³-hybridized carbons (Fsp3) is 0.471. The minimum Gasteiger partial charge on any atom is -0.478 e. The lowest BCUT2D eigenvalue weighted by molar-refractivity contribution is -0.131. The maximum atomic E-state index is 10.6. The molecule has 0 aromatic heterocycles. The van der Waals surface area contributed by atoms with Crippen molar-refractivity contribution in [1.82, 2.24) is 0 Å². The van der Waals surface area contributed by atoms with E-state index in [1.54, 1.807) is 13.2 Å². The Morgan fingerprint density at radius 1 is 1.48 bits per heavy atom. The number of aliphatic carboxylic acids is 1. The Morgan fingerprint density at radius 3 is 2.86 bits per heavy atom. The van der Waals surface area contributed by atoms with E-state index in [1.807, 2.05) is 13.0 Å². The van der Waals surface area contributed by atoms with Gasteiger partial charge in [0.15, 0.2) is 0 Å². The molecule has 0 spiro atoms. The second-order valence-electron chi connectivity index (χ2n) is 5.70. The molecular weight excluding hydrogens is 266 g/mol. The van der Waals surface area contributed by atoms with Gasteiger partial charge in [0.2, 0.25) is 0 Å². The number of hydrogen-bond donors (Lipinski definition) is 1. The first-order valence-corrected chi connectivity index (χ1v) is 7.30. The highest BCUT2D eigenvalue weighted by Crippen LogP contribution is 2.26. The third kappa shape index (κ3) is 3.85. The molecule has 0 saturated carbocycles. The second kappa shape index (κ2) is 6.76. The number of benzene rings is 1. The number of aryl methyl sites for hydroxylation is 1. The summed E-state index contributed by atoms with van der Waals surface area (Å²) in [6.07, 6.45) is 4.20. The van der Waals surface area contributed by atoms with Crippen LogP contribution in [0.5, 0.6) is 0 Å². The largest absolute Gasteiger partial charge is 0.478 e. The number of carbonyl (C=O) groups is 1. The van der Waals surface area contributed by atoms with Crippen LogP contribution >= 0.6 is 0 Å². The number of rotatable bonds is 4. The highest BCUT2D eigenvalue weighted by molar-refractivity contribution is 5.85. The van der Waals surface area contributed by atoms with E-state index in [2.05, 4.69) is 24.0 Å². The summed E-state index contributed by atoms with van der Waals surface area (Å²) < 4.78 is 5.56. The molecule has 1 aliphatic heterocycles. The van der Waals surface area contributed by atoms with Crippen molar-refractivity contribution in [3.8, 4) is 0 Å². The maximum absolute atomic E-state index is 10.6. The van der Waals surface area contributed by atoms with E-state index < -0.39 is 5.97 Å². The SMILES string of the molecule is COC1CN(c2ccc(/C=C/C(=O)O)c(C)c2)CCC1C. The van der Waals surface area contributed by atoms with Crippen molar-refractivity contribution >= 4 is 17.7 Å². The summed E-state index contributed by atoms with van der Waals surface area (Å²) in [7, 11) is 1.77. The second-order valence-corrected chi connectivity index (χ2v) is 5.70. The first-order chi connectivity index (χ1) is 10.0. The smallest absolute Gasteiger partial charge is 0.328 e.